The van der Waals surface area contributed by atoms with Gasteiger partial charge in [0.05, 0.1) is 5.69 Å². The molecule has 1 heterocycles. The zero-order valence-electron chi connectivity index (χ0n) is 12.3. The fraction of sp³-hybridized carbons (Fsp3) is 0.714. The first-order chi connectivity index (χ1) is 8.81. The minimum atomic E-state index is -0.190. The van der Waals surface area contributed by atoms with E-state index in [-0.39, 0.29) is 17.1 Å². The van der Waals surface area contributed by atoms with Crippen LogP contribution in [0.2, 0.25) is 0 Å². The van der Waals surface area contributed by atoms with Crippen molar-refractivity contribution in [1.29, 1.82) is 0 Å². The average Bonchev–Trinajstić information content (AvgIpc) is 2.30. The molecular formula is C14H23BrN2O2. The van der Waals surface area contributed by atoms with Crippen LogP contribution in [0.5, 0.6) is 0 Å². The van der Waals surface area contributed by atoms with Crippen molar-refractivity contribution in [2.75, 3.05) is 6.61 Å². The van der Waals surface area contributed by atoms with Crippen LogP contribution in [-0.4, -0.2) is 16.6 Å². The van der Waals surface area contributed by atoms with Gasteiger partial charge in [-0.2, -0.15) is 0 Å². The molecule has 4 nitrogen and oxygen atoms in total. The monoisotopic (exact) mass is 330 g/mol. The van der Waals surface area contributed by atoms with Crippen LogP contribution < -0.4 is 5.56 Å². The van der Waals surface area contributed by atoms with Gasteiger partial charge in [-0.15, -0.1) is 0 Å². The molecule has 0 spiro atoms. The Morgan fingerprint density at radius 1 is 1.37 bits per heavy atom. The van der Waals surface area contributed by atoms with E-state index in [1.54, 1.807) is 0 Å². The van der Waals surface area contributed by atoms with Crippen LogP contribution in [0.4, 0.5) is 0 Å². The number of aromatic amines is 1. The zero-order valence-corrected chi connectivity index (χ0v) is 13.9. The lowest BCUT2D eigenvalue weighted by molar-refractivity contribution is 0.0488. The maximum Gasteiger partial charge on any atom is 0.265 e. The van der Waals surface area contributed by atoms with E-state index in [9.17, 15) is 4.79 Å². The highest BCUT2D eigenvalue weighted by molar-refractivity contribution is 9.10. The minimum absolute atomic E-state index is 0.142. The van der Waals surface area contributed by atoms with Crippen molar-refractivity contribution in [3.05, 3.63) is 26.3 Å². The van der Waals surface area contributed by atoms with Gasteiger partial charge in [-0.1, -0.05) is 34.1 Å². The molecule has 1 aromatic heterocycles. The van der Waals surface area contributed by atoms with E-state index in [1.807, 2.05) is 27.7 Å². The molecule has 0 aliphatic carbocycles. The molecule has 5 heteroatoms. The van der Waals surface area contributed by atoms with Gasteiger partial charge < -0.3 is 9.72 Å². The first-order valence-electron chi connectivity index (χ1n) is 6.73. The van der Waals surface area contributed by atoms with Gasteiger partial charge in [0.15, 0.2) is 0 Å². The van der Waals surface area contributed by atoms with Crippen LogP contribution in [0.25, 0.3) is 0 Å². The third-order valence-electron chi connectivity index (χ3n) is 2.82. The molecular weight excluding hydrogens is 308 g/mol. The van der Waals surface area contributed by atoms with Crippen LogP contribution >= 0.6 is 15.9 Å². The second-order valence-electron chi connectivity index (χ2n) is 5.60. The van der Waals surface area contributed by atoms with Crippen molar-refractivity contribution < 1.29 is 4.74 Å². The third-order valence-corrected chi connectivity index (χ3v) is 3.55. The number of hydrogen-bond acceptors (Lipinski definition) is 3. The second-order valence-corrected chi connectivity index (χ2v) is 6.39. The highest BCUT2D eigenvalue weighted by atomic mass is 79.9. The Hall–Kier alpha value is -0.680. The standard InChI is InChI=1S/C14H23BrN2O2/c1-6-8-9(19-7-2)12-16-11(14(3,4)5)10(15)13(18)17-12/h9H,6-8H2,1-5H3,(H,16,17,18). The molecule has 0 bridgehead atoms. The number of H-pyrrole nitrogens is 1. The first kappa shape index (κ1) is 16.4. The van der Waals surface area contributed by atoms with E-state index in [0.29, 0.717) is 16.9 Å². The molecule has 0 amide bonds. The second kappa shape index (κ2) is 6.66. The fourth-order valence-corrected chi connectivity index (χ4v) is 2.67. The van der Waals surface area contributed by atoms with E-state index in [0.717, 1.165) is 18.5 Å². The highest BCUT2D eigenvalue weighted by Crippen LogP contribution is 2.27. The molecule has 0 aliphatic heterocycles. The van der Waals surface area contributed by atoms with E-state index in [4.69, 9.17) is 4.74 Å². The van der Waals surface area contributed by atoms with Gasteiger partial charge in [-0.05, 0) is 29.3 Å². The van der Waals surface area contributed by atoms with Gasteiger partial charge >= 0.3 is 0 Å². The molecule has 108 valence electrons. The summed E-state index contributed by atoms with van der Waals surface area (Å²) in [6.45, 7) is 10.8. The van der Waals surface area contributed by atoms with Crippen molar-refractivity contribution in [3.63, 3.8) is 0 Å². The Labute approximate surface area is 123 Å². The summed E-state index contributed by atoms with van der Waals surface area (Å²) in [5.74, 6) is 0.627. The maximum atomic E-state index is 12.0. The first-order valence-corrected chi connectivity index (χ1v) is 7.52. The summed E-state index contributed by atoms with van der Waals surface area (Å²) in [6.07, 6.45) is 1.69. The molecule has 19 heavy (non-hydrogen) atoms. The summed E-state index contributed by atoms with van der Waals surface area (Å²) in [6, 6.07) is 0. The maximum absolute atomic E-state index is 12.0. The summed E-state index contributed by atoms with van der Waals surface area (Å²) in [5.41, 5.74) is 0.438. The van der Waals surface area contributed by atoms with Gasteiger partial charge in [-0.25, -0.2) is 4.98 Å². The molecule has 1 N–H and O–H groups in total. The number of aromatic nitrogens is 2. The lowest BCUT2D eigenvalue weighted by atomic mass is 9.92. The van der Waals surface area contributed by atoms with Gasteiger partial charge in [0.1, 0.15) is 16.4 Å². The number of hydrogen-bond donors (Lipinski definition) is 1. The SMILES string of the molecule is CCCC(OCC)c1nc(C(C)(C)C)c(Br)c(=O)[nH]1. The Balaban J connectivity index is 3.29. The van der Waals surface area contributed by atoms with Crippen molar-refractivity contribution in [2.45, 2.75) is 59.0 Å². The van der Waals surface area contributed by atoms with E-state index in [1.165, 1.54) is 0 Å². The highest BCUT2D eigenvalue weighted by Gasteiger charge is 2.24. The van der Waals surface area contributed by atoms with Gasteiger partial charge in [-0.3, -0.25) is 4.79 Å². The van der Waals surface area contributed by atoms with Crippen molar-refractivity contribution in [2.24, 2.45) is 0 Å². The summed E-state index contributed by atoms with van der Waals surface area (Å²) in [7, 11) is 0. The van der Waals surface area contributed by atoms with Crippen molar-refractivity contribution in [1.82, 2.24) is 9.97 Å². The number of nitrogens with zero attached hydrogens (tertiary/aromatic N) is 1. The van der Waals surface area contributed by atoms with E-state index < -0.39 is 0 Å². The van der Waals surface area contributed by atoms with E-state index in [2.05, 4.69) is 32.8 Å². The third kappa shape index (κ3) is 4.14. The van der Waals surface area contributed by atoms with Crippen LogP contribution in [0, 0.1) is 0 Å². The largest absolute Gasteiger partial charge is 0.371 e. The van der Waals surface area contributed by atoms with Gasteiger partial charge in [0, 0.05) is 12.0 Å². The molecule has 0 aromatic carbocycles. The summed E-state index contributed by atoms with van der Waals surface area (Å²) >= 11 is 3.33. The number of ether oxygens (including phenoxy) is 1. The number of rotatable bonds is 5. The van der Waals surface area contributed by atoms with Crippen LogP contribution in [0.3, 0.4) is 0 Å². The summed E-state index contributed by atoms with van der Waals surface area (Å²) in [5, 5.41) is 0. The van der Waals surface area contributed by atoms with E-state index >= 15 is 0 Å². The molecule has 1 rings (SSSR count). The van der Waals surface area contributed by atoms with Crippen molar-refractivity contribution >= 4 is 15.9 Å². The normalized spacial score (nSPS) is 13.6. The number of halogens is 1. The summed E-state index contributed by atoms with van der Waals surface area (Å²) < 4.78 is 6.19. The Bertz CT molecular complexity index is 471. The molecule has 1 atom stereocenters. The van der Waals surface area contributed by atoms with Crippen molar-refractivity contribution in [3.8, 4) is 0 Å². The predicted molar refractivity (Wildman–Crippen MR) is 80.5 cm³/mol. The molecule has 0 saturated carbocycles. The number of nitrogens with one attached hydrogen (secondary N) is 1. The molecule has 1 aromatic rings. The van der Waals surface area contributed by atoms with Gasteiger partial charge in [0.25, 0.3) is 5.56 Å². The Morgan fingerprint density at radius 3 is 2.47 bits per heavy atom. The zero-order chi connectivity index (χ0) is 14.6. The smallest absolute Gasteiger partial charge is 0.265 e. The molecule has 0 radical (unpaired) electrons. The molecule has 1 unspecified atom stereocenters. The van der Waals surface area contributed by atoms with Crippen LogP contribution in [0.15, 0.2) is 9.27 Å². The Kier molecular flexibility index (Phi) is 5.74. The van der Waals surface area contributed by atoms with Crippen LogP contribution in [0.1, 0.15) is 65.1 Å². The minimum Gasteiger partial charge on any atom is -0.371 e. The van der Waals surface area contributed by atoms with Gasteiger partial charge in [0.2, 0.25) is 0 Å². The van der Waals surface area contributed by atoms with Crippen LogP contribution in [-0.2, 0) is 10.2 Å². The average molecular weight is 331 g/mol. The quantitative estimate of drug-likeness (QED) is 0.895. The molecule has 0 aliphatic rings. The lowest BCUT2D eigenvalue weighted by Gasteiger charge is -2.22. The fourth-order valence-electron chi connectivity index (χ4n) is 1.89. The summed E-state index contributed by atoms with van der Waals surface area (Å²) in [4.78, 5) is 19.5. The topological polar surface area (TPSA) is 55.0 Å². The lowest BCUT2D eigenvalue weighted by Crippen LogP contribution is -2.25. The Morgan fingerprint density at radius 2 is 2.00 bits per heavy atom. The molecule has 0 saturated heterocycles. The predicted octanol–water partition coefficient (Wildman–Crippen LogP) is 3.71. The molecule has 0 fully saturated rings.